The van der Waals surface area contributed by atoms with E-state index in [-0.39, 0.29) is 13.0 Å². The van der Waals surface area contributed by atoms with Crippen molar-refractivity contribution in [1.82, 2.24) is 9.55 Å². The molecule has 0 aromatic carbocycles. The molecule has 0 aliphatic heterocycles. The first kappa shape index (κ1) is 19.2. The lowest BCUT2D eigenvalue weighted by atomic mass is 9.60. The molecule has 3 N–H and O–H groups in total. The van der Waals surface area contributed by atoms with Crippen LogP contribution in [0, 0.1) is 5.82 Å². The molecule has 0 bridgehead atoms. The summed E-state index contributed by atoms with van der Waals surface area (Å²) in [6.07, 6.45) is 0.513. The van der Waals surface area contributed by atoms with Crippen molar-refractivity contribution in [3.8, 4) is 0 Å². The molecule has 0 aliphatic rings. The van der Waals surface area contributed by atoms with Crippen molar-refractivity contribution < 1.29 is 18.7 Å². The normalized spacial score (nSPS) is 14.3. The van der Waals surface area contributed by atoms with E-state index in [4.69, 9.17) is 15.2 Å². The fraction of sp³-hybridized carbons (Fsp3) is 0.583. The Bertz CT molecular complexity index is 675. The van der Waals surface area contributed by atoms with Gasteiger partial charge < -0.3 is 15.2 Å². The zero-order valence-electron chi connectivity index (χ0n) is 13.6. The third-order valence-corrected chi connectivity index (χ3v) is 3.56. The first-order valence-electron chi connectivity index (χ1n) is 7.08. The molecule has 2 unspecified atom stereocenters. The zero-order chi connectivity index (χ0) is 17.8. The summed E-state index contributed by atoms with van der Waals surface area (Å²) in [7, 11) is 4.74. The minimum atomic E-state index is -1.07. The van der Waals surface area contributed by atoms with Crippen LogP contribution in [0.5, 0.6) is 0 Å². The maximum atomic E-state index is 13.4. The van der Waals surface area contributed by atoms with E-state index in [1.165, 1.54) is 7.11 Å². The van der Waals surface area contributed by atoms with E-state index in [0.29, 0.717) is 0 Å². The highest BCUT2D eigenvalue weighted by atomic mass is 19.1. The number of aromatic amines is 1. The predicted octanol–water partition coefficient (Wildman–Crippen LogP) is -2.94. The molecule has 0 aliphatic carbocycles. The number of esters is 1. The first-order chi connectivity index (χ1) is 10.6. The summed E-state index contributed by atoms with van der Waals surface area (Å²) in [5.74, 6) is -1.64. The molecule has 1 heterocycles. The van der Waals surface area contributed by atoms with Gasteiger partial charge >= 0.3 is 11.7 Å². The van der Waals surface area contributed by atoms with Crippen LogP contribution in [0.2, 0.25) is 0 Å². The van der Waals surface area contributed by atoms with Gasteiger partial charge in [-0.2, -0.15) is 4.39 Å². The number of aromatic nitrogens is 2. The average Bonchev–Trinajstić information content (AvgIpc) is 2.47. The second-order valence-corrected chi connectivity index (χ2v) is 5.73. The Morgan fingerprint density at radius 1 is 1.52 bits per heavy atom. The number of hydrogen-bond acceptors (Lipinski definition) is 6. The fourth-order valence-corrected chi connectivity index (χ4v) is 2.28. The van der Waals surface area contributed by atoms with E-state index in [2.05, 4.69) is 0 Å². The third kappa shape index (κ3) is 4.80. The highest BCUT2D eigenvalue weighted by molar-refractivity contribution is 6.40. The SMILES string of the molecule is BC(B)(OC(=O)CN)C(CC(C)n1cc(F)c(=O)[nH]c1=O)OC. The lowest BCUT2D eigenvalue weighted by molar-refractivity contribution is -0.152. The van der Waals surface area contributed by atoms with Crippen LogP contribution in [0.4, 0.5) is 4.39 Å². The van der Waals surface area contributed by atoms with Crippen LogP contribution in [0.3, 0.4) is 0 Å². The number of carbonyl (C=O) groups is 1. The standard InChI is InChI=1S/C12H20B2FN3O5/c1-6(18-5-7(15)10(20)17-11(18)21)3-8(22-2)12(13,14)23-9(19)4-16/h5-6,8H,3-4,13-14,16H2,1-2H3,(H,17,20,21). The van der Waals surface area contributed by atoms with Crippen molar-refractivity contribution in [2.24, 2.45) is 5.73 Å². The second-order valence-electron chi connectivity index (χ2n) is 5.73. The molecule has 2 atom stereocenters. The molecule has 0 saturated heterocycles. The minimum Gasteiger partial charge on any atom is -0.474 e. The molecule has 8 nitrogen and oxygen atoms in total. The number of halogens is 1. The van der Waals surface area contributed by atoms with E-state index in [1.807, 2.05) is 4.98 Å². The molecular weight excluding hydrogens is 307 g/mol. The largest absolute Gasteiger partial charge is 0.474 e. The third-order valence-electron chi connectivity index (χ3n) is 3.56. The Hall–Kier alpha value is -1.87. The quantitative estimate of drug-likeness (QED) is 0.409. The second kappa shape index (κ2) is 7.60. The van der Waals surface area contributed by atoms with Crippen LogP contribution in [-0.4, -0.2) is 56.4 Å². The summed E-state index contributed by atoms with van der Waals surface area (Å²) < 4.78 is 25.0. The van der Waals surface area contributed by atoms with Crippen molar-refractivity contribution >= 4 is 21.7 Å². The fourth-order valence-electron chi connectivity index (χ4n) is 2.28. The maximum Gasteiger partial charge on any atom is 0.328 e. The highest BCUT2D eigenvalue weighted by Crippen LogP contribution is 2.21. The van der Waals surface area contributed by atoms with Gasteiger partial charge in [0.15, 0.2) is 15.7 Å². The van der Waals surface area contributed by atoms with E-state index in [0.717, 1.165) is 10.8 Å². The summed E-state index contributed by atoms with van der Waals surface area (Å²) >= 11 is 0. The Morgan fingerprint density at radius 2 is 2.13 bits per heavy atom. The van der Waals surface area contributed by atoms with Gasteiger partial charge in [0, 0.05) is 13.2 Å². The van der Waals surface area contributed by atoms with Crippen LogP contribution >= 0.6 is 0 Å². The van der Waals surface area contributed by atoms with E-state index >= 15 is 0 Å². The van der Waals surface area contributed by atoms with Crippen LogP contribution in [0.15, 0.2) is 15.8 Å². The number of nitrogens with zero attached hydrogens (tertiary/aromatic N) is 1. The summed E-state index contributed by atoms with van der Waals surface area (Å²) in [4.78, 5) is 36.1. The molecule has 1 rings (SSSR count). The molecule has 1 aromatic rings. The Balaban J connectivity index is 2.99. The van der Waals surface area contributed by atoms with Crippen molar-refractivity contribution in [1.29, 1.82) is 0 Å². The smallest absolute Gasteiger partial charge is 0.328 e. The summed E-state index contributed by atoms with van der Waals surface area (Å²) in [6.45, 7) is 1.39. The molecule has 11 heteroatoms. The van der Waals surface area contributed by atoms with Crippen molar-refractivity contribution in [2.45, 2.75) is 30.9 Å². The van der Waals surface area contributed by atoms with Crippen molar-refractivity contribution in [3.63, 3.8) is 0 Å². The summed E-state index contributed by atoms with van der Waals surface area (Å²) in [6, 6.07) is -0.505. The monoisotopic (exact) mass is 327 g/mol. The Morgan fingerprint density at radius 3 is 2.65 bits per heavy atom. The van der Waals surface area contributed by atoms with Crippen LogP contribution in [0.25, 0.3) is 0 Å². The lowest BCUT2D eigenvalue weighted by Gasteiger charge is -2.35. The predicted molar refractivity (Wildman–Crippen MR) is 86.4 cm³/mol. The number of carbonyl (C=O) groups excluding carboxylic acids is 1. The Labute approximate surface area is 134 Å². The van der Waals surface area contributed by atoms with Gasteiger partial charge in [-0.1, -0.05) is 0 Å². The number of nitrogens with two attached hydrogens (primary N) is 1. The van der Waals surface area contributed by atoms with Gasteiger partial charge in [-0.3, -0.25) is 19.1 Å². The van der Waals surface area contributed by atoms with E-state index in [1.54, 1.807) is 22.6 Å². The van der Waals surface area contributed by atoms with Gasteiger partial charge in [0.25, 0.3) is 5.56 Å². The Kier molecular flexibility index (Phi) is 6.34. The molecule has 0 fully saturated rings. The topological polar surface area (TPSA) is 116 Å². The number of hydrogen-bond donors (Lipinski definition) is 2. The molecule has 0 amide bonds. The van der Waals surface area contributed by atoms with Gasteiger partial charge in [0.1, 0.15) is 0 Å². The van der Waals surface area contributed by atoms with Crippen molar-refractivity contribution in [3.05, 3.63) is 32.9 Å². The van der Waals surface area contributed by atoms with Gasteiger partial charge in [0.05, 0.1) is 24.2 Å². The molecule has 1 aromatic heterocycles. The van der Waals surface area contributed by atoms with Crippen LogP contribution < -0.4 is 17.0 Å². The van der Waals surface area contributed by atoms with Crippen molar-refractivity contribution in [2.75, 3.05) is 13.7 Å². The zero-order valence-corrected chi connectivity index (χ0v) is 13.6. The molecular formula is C12H20B2FN3O5. The first-order valence-corrected chi connectivity index (χ1v) is 7.08. The van der Waals surface area contributed by atoms with E-state index in [9.17, 15) is 18.8 Å². The molecule has 0 saturated carbocycles. The molecule has 23 heavy (non-hydrogen) atoms. The lowest BCUT2D eigenvalue weighted by Crippen LogP contribution is -2.50. The average molecular weight is 327 g/mol. The number of methoxy groups -OCH3 is 1. The number of rotatable bonds is 7. The number of nitrogens with one attached hydrogen (secondary N) is 1. The summed E-state index contributed by atoms with van der Waals surface area (Å²) in [5, 5.41) is -0.996. The van der Waals surface area contributed by atoms with E-state index < -0.39 is 40.6 Å². The number of H-pyrrole nitrogens is 1. The van der Waals surface area contributed by atoms with Crippen LogP contribution in [-0.2, 0) is 14.3 Å². The minimum absolute atomic E-state index is 0.243. The summed E-state index contributed by atoms with van der Waals surface area (Å²) in [5.41, 5.74) is 3.43. The number of ether oxygens (including phenoxy) is 2. The maximum absolute atomic E-state index is 13.4. The molecule has 126 valence electrons. The van der Waals surface area contributed by atoms with Gasteiger partial charge in [-0.25, -0.2) is 4.79 Å². The highest BCUT2D eigenvalue weighted by Gasteiger charge is 2.34. The molecule has 0 radical (unpaired) electrons. The van der Waals surface area contributed by atoms with Gasteiger partial charge in [-0.15, -0.1) is 0 Å². The van der Waals surface area contributed by atoms with Gasteiger partial charge in [0.2, 0.25) is 5.82 Å². The molecule has 0 spiro atoms. The van der Waals surface area contributed by atoms with Crippen LogP contribution in [0.1, 0.15) is 19.4 Å². The van der Waals surface area contributed by atoms with Gasteiger partial charge in [-0.05, 0) is 13.3 Å².